The van der Waals surface area contributed by atoms with E-state index in [0.717, 1.165) is 52.5 Å². The summed E-state index contributed by atoms with van der Waals surface area (Å²) in [7, 11) is 0. The summed E-state index contributed by atoms with van der Waals surface area (Å²) in [4.78, 5) is 13.8. The van der Waals surface area contributed by atoms with Crippen molar-refractivity contribution < 1.29 is 4.74 Å². The van der Waals surface area contributed by atoms with E-state index >= 15 is 0 Å². The van der Waals surface area contributed by atoms with E-state index < -0.39 is 0 Å². The Kier molecular flexibility index (Phi) is 4.89. The maximum Gasteiger partial charge on any atom is 0.107 e. The van der Waals surface area contributed by atoms with Crippen molar-refractivity contribution in [1.29, 1.82) is 0 Å². The molecule has 0 amide bonds. The van der Waals surface area contributed by atoms with Crippen LogP contribution in [0.2, 0.25) is 0 Å². The molecule has 0 radical (unpaired) electrons. The fourth-order valence-corrected chi connectivity index (χ4v) is 4.56. The second kappa shape index (κ2) is 7.27. The van der Waals surface area contributed by atoms with Gasteiger partial charge in [0.2, 0.25) is 0 Å². The Morgan fingerprint density at radius 3 is 2.88 bits per heavy atom. The molecule has 5 nitrogen and oxygen atoms in total. The minimum absolute atomic E-state index is 0.260. The maximum absolute atomic E-state index is 5.99. The van der Waals surface area contributed by atoms with E-state index in [4.69, 9.17) is 4.74 Å². The molecule has 6 heteroatoms. The van der Waals surface area contributed by atoms with Gasteiger partial charge in [-0.3, -0.25) is 14.8 Å². The molecule has 2 fully saturated rings. The van der Waals surface area contributed by atoms with Crippen LogP contribution in [0.1, 0.15) is 17.0 Å². The molecule has 2 aromatic rings. The molecular formula is C18H24N4OS. The molecule has 1 spiro atoms. The van der Waals surface area contributed by atoms with Crippen molar-refractivity contribution in [1.82, 2.24) is 19.8 Å². The average molecular weight is 344 g/mol. The van der Waals surface area contributed by atoms with Gasteiger partial charge in [-0.15, -0.1) is 11.3 Å². The Morgan fingerprint density at radius 1 is 1.17 bits per heavy atom. The number of rotatable bonds is 4. The van der Waals surface area contributed by atoms with Crippen molar-refractivity contribution in [2.75, 3.05) is 39.4 Å². The summed E-state index contributed by atoms with van der Waals surface area (Å²) in [6.07, 6.45) is 6.92. The van der Waals surface area contributed by atoms with Crippen LogP contribution in [0.25, 0.3) is 0 Å². The van der Waals surface area contributed by atoms with Crippen LogP contribution in [0.3, 0.4) is 0 Å². The highest BCUT2D eigenvalue weighted by Gasteiger charge is 2.41. The third-order valence-corrected chi connectivity index (χ3v) is 5.77. The van der Waals surface area contributed by atoms with E-state index in [1.165, 1.54) is 17.0 Å². The summed E-state index contributed by atoms with van der Waals surface area (Å²) < 4.78 is 5.99. The van der Waals surface area contributed by atoms with Crippen molar-refractivity contribution in [2.45, 2.75) is 19.5 Å². The molecule has 0 bridgehead atoms. The van der Waals surface area contributed by atoms with Crippen molar-refractivity contribution in [3.05, 3.63) is 46.7 Å². The van der Waals surface area contributed by atoms with Crippen LogP contribution in [0.4, 0.5) is 0 Å². The molecule has 2 aliphatic heterocycles. The number of pyridine rings is 1. The van der Waals surface area contributed by atoms with Gasteiger partial charge in [0.05, 0.1) is 19.8 Å². The van der Waals surface area contributed by atoms with Gasteiger partial charge in [-0.2, -0.15) is 0 Å². The topological polar surface area (TPSA) is 41.5 Å². The van der Waals surface area contributed by atoms with Crippen LogP contribution in [0.15, 0.2) is 36.1 Å². The van der Waals surface area contributed by atoms with Gasteiger partial charge in [-0.1, -0.05) is 6.07 Å². The molecule has 0 N–H and O–H groups in total. The van der Waals surface area contributed by atoms with Crippen LogP contribution in [0.5, 0.6) is 0 Å². The summed E-state index contributed by atoms with van der Waals surface area (Å²) in [6, 6.07) is 4.18. The predicted octanol–water partition coefficient (Wildman–Crippen LogP) is 2.26. The zero-order valence-corrected chi connectivity index (χ0v) is 14.7. The quantitative estimate of drug-likeness (QED) is 0.851. The monoisotopic (exact) mass is 344 g/mol. The Hall–Kier alpha value is -1.34. The molecule has 2 aliphatic rings. The lowest BCUT2D eigenvalue weighted by molar-refractivity contribution is 0.0706. The zero-order chi connectivity index (χ0) is 16.2. The normalized spacial score (nSPS) is 26.0. The van der Waals surface area contributed by atoms with Gasteiger partial charge in [-0.05, 0) is 24.6 Å². The first-order valence-corrected chi connectivity index (χ1v) is 9.49. The van der Waals surface area contributed by atoms with Gasteiger partial charge in [0.25, 0.3) is 0 Å². The third-order valence-electron chi connectivity index (χ3n) is 5.01. The summed E-state index contributed by atoms with van der Waals surface area (Å²) in [6.45, 7) is 8.01. The van der Waals surface area contributed by atoms with E-state index in [2.05, 4.69) is 31.2 Å². The molecule has 1 atom stereocenters. The van der Waals surface area contributed by atoms with E-state index in [-0.39, 0.29) is 5.41 Å². The predicted molar refractivity (Wildman–Crippen MR) is 94.8 cm³/mol. The van der Waals surface area contributed by atoms with Crippen LogP contribution >= 0.6 is 11.3 Å². The minimum atomic E-state index is 0.260. The van der Waals surface area contributed by atoms with Gasteiger partial charge in [0.15, 0.2) is 0 Å². The lowest BCUT2D eigenvalue weighted by Crippen LogP contribution is -2.40. The molecule has 128 valence electrons. The first-order valence-electron chi connectivity index (χ1n) is 8.61. The first-order chi connectivity index (χ1) is 11.8. The molecule has 4 rings (SSSR count). The molecule has 24 heavy (non-hydrogen) atoms. The van der Waals surface area contributed by atoms with Gasteiger partial charge in [0, 0.05) is 55.6 Å². The Morgan fingerprint density at radius 2 is 2.08 bits per heavy atom. The van der Waals surface area contributed by atoms with Gasteiger partial charge in [-0.25, -0.2) is 4.98 Å². The molecular weight excluding hydrogens is 320 g/mol. The summed E-state index contributed by atoms with van der Waals surface area (Å²) in [5, 5.41) is 3.28. The lowest BCUT2D eigenvalue weighted by atomic mass is 9.87. The van der Waals surface area contributed by atoms with E-state index in [0.29, 0.717) is 0 Å². The molecule has 2 aromatic heterocycles. The van der Waals surface area contributed by atoms with Gasteiger partial charge < -0.3 is 4.74 Å². The average Bonchev–Trinajstić information content (AvgIpc) is 3.19. The largest absolute Gasteiger partial charge is 0.379 e. The minimum Gasteiger partial charge on any atom is -0.379 e. The lowest BCUT2D eigenvalue weighted by Gasteiger charge is -2.32. The van der Waals surface area contributed by atoms with Crippen LogP contribution in [-0.4, -0.2) is 59.2 Å². The van der Waals surface area contributed by atoms with Crippen LogP contribution < -0.4 is 0 Å². The molecule has 0 aromatic carbocycles. The highest BCUT2D eigenvalue weighted by Crippen LogP contribution is 2.34. The smallest absolute Gasteiger partial charge is 0.107 e. The molecule has 0 unspecified atom stereocenters. The zero-order valence-electron chi connectivity index (χ0n) is 13.9. The Bertz CT molecular complexity index is 636. The van der Waals surface area contributed by atoms with Crippen molar-refractivity contribution >= 4 is 11.3 Å². The molecule has 0 aliphatic carbocycles. The number of thiazole rings is 1. The highest BCUT2D eigenvalue weighted by atomic mass is 32.1. The van der Waals surface area contributed by atoms with Gasteiger partial charge >= 0.3 is 0 Å². The number of ether oxygens (including phenoxy) is 1. The van der Waals surface area contributed by atoms with E-state index in [1.54, 1.807) is 11.3 Å². The van der Waals surface area contributed by atoms with Gasteiger partial charge in [0.1, 0.15) is 5.01 Å². The first kappa shape index (κ1) is 16.1. The SMILES string of the molecule is c1cncc(CN2CCOC[C@@]3(CCN(Cc4nccs4)C3)C2)c1. The Balaban J connectivity index is 1.40. The number of nitrogens with zero attached hydrogens (tertiary/aromatic N) is 4. The van der Waals surface area contributed by atoms with Crippen molar-refractivity contribution in [2.24, 2.45) is 5.41 Å². The maximum atomic E-state index is 5.99. The number of hydrogen-bond donors (Lipinski definition) is 0. The van der Waals surface area contributed by atoms with Crippen LogP contribution in [-0.2, 0) is 17.8 Å². The highest BCUT2D eigenvalue weighted by molar-refractivity contribution is 7.09. The van der Waals surface area contributed by atoms with Crippen LogP contribution in [0, 0.1) is 5.41 Å². The van der Waals surface area contributed by atoms with E-state index in [9.17, 15) is 0 Å². The molecule has 4 heterocycles. The molecule has 0 saturated carbocycles. The summed E-state index contributed by atoms with van der Waals surface area (Å²) in [5.41, 5.74) is 1.54. The third kappa shape index (κ3) is 3.83. The standard InChI is InChI=1S/C18H24N4OS/c1-2-16(10-19-4-1)11-22-7-8-23-15-18(14-22)3-6-21(13-18)12-17-20-5-9-24-17/h1-2,4-5,9-10H,3,6-8,11-15H2/t18-/m1/s1. The fourth-order valence-electron chi connectivity index (χ4n) is 3.90. The second-order valence-electron chi connectivity index (χ2n) is 7.01. The summed E-state index contributed by atoms with van der Waals surface area (Å²) >= 11 is 1.75. The van der Waals surface area contributed by atoms with Crippen molar-refractivity contribution in [3.8, 4) is 0 Å². The molecule has 2 saturated heterocycles. The second-order valence-corrected chi connectivity index (χ2v) is 7.99. The van der Waals surface area contributed by atoms with E-state index in [1.807, 2.05) is 24.7 Å². The van der Waals surface area contributed by atoms with Crippen molar-refractivity contribution in [3.63, 3.8) is 0 Å². The number of hydrogen-bond acceptors (Lipinski definition) is 6. The summed E-state index contributed by atoms with van der Waals surface area (Å²) in [5.74, 6) is 0. The number of aromatic nitrogens is 2. The fraction of sp³-hybridized carbons (Fsp3) is 0.556. The number of likely N-dealkylation sites (tertiary alicyclic amines) is 1. The Labute approximate surface area is 147 Å².